The van der Waals surface area contributed by atoms with Crippen LogP contribution in [0.5, 0.6) is 0 Å². The van der Waals surface area contributed by atoms with Gasteiger partial charge in [0.2, 0.25) is 0 Å². The molecule has 0 heterocycles. The van der Waals surface area contributed by atoms with Crippen LogP contribution in [0, 0.1) is 6.92 Å². The van der Waals surface area contributed by atoms with Gasteiger partial charge in [-0.3, -0.25) is 0 Å². The van der Waals surface area contributed by atoms with E-state index in [0.29, 0.717) is 9.65 Å². The SMILES string of the molecule is Cc1c(C(C)Br)cccc1C(C)Br. The number of benzene rings is 1. The van der Waals surface area contributed by atoms with Gasteiger partial charge in [-0.2, -0.15) is 0 Å². The first kappa shape index (κ1) is 11.3. The Kier molecular flexibility index (Phi) is 3.99. The first-order valence-electron chi connectivity index (χ1n) is 4.41. The lowest BCUT2D eigenvalue weighted by Gasteiger charge is -2.14. The Morgan fingerprint density at radius 2 is 1.38 bits per heavy atom. The number of alkyl halides is 2. The van der Waals surface area contributed by atoms with E-state index in [2.05, 4.69) is 70.8 Å². The van der Waals surface area contributed by atoms with Crippen molar-refractivity contribution in [3.05, 3.63) is 34.9 Å². The molecular formula is C11H14Br2. The van der Waals surface area contributed by atoms with Gasteiger partial charge >= 0.3 is 0 Å². The van der Waals surface area contributed by atoms with E-state index in [1.807, 2.05) is 0 Å². The van der Waals surface area contributed by atoms with E-state index < -0.39 is 0 Å². The molecule has 13 heavy (non-hydrogen) atoms. The Morgan fingerprint density at radius 3 is 1.69 bits per heavy atom. The molecule has 0 aromatic heterocycles. The molecule has 0 bridgehead atoms. The van der Waals surface area contributed by atoms with E-state index >= 15 is 0 Å². The van der Waals surface area contributed by atoms with Crippen LogP contribution in [0.4, 0.5) is 0 Å². The van der Waals surface area contributed by atoms with Gasteiger partial charge in [0.1, 0.15) is 0 Å². The van der Waals surface area contributed by atoms with Crippen LogP contribution in [0.1, 0.15) is 40.2 Å². The van der Waals surface area contributed by atoms with Gasteiger partial charge in [0.25, 0.3) is 0 Å². The summed E-state index contributed by atoms with van der Waals surface area (Å²) in [4.78, 5) is 0.859. The Balaban J connectivity index is 3.18. The summed E-state index contributed by atoms with van der Waals surface area (Å²) in [5.74, 6) is 0. The summed E-state index contributed by atoms with van der Waals surface area (Å²) in [6.45, 7) is 6.50. The van der Waals surface area contributed by atoms with Gasteiger partial charge in [-0.15, -0.1) is 0 Å². The minimum atomic E-state index is 0.429. The molecule has 0 radical (unpaired) electrons. The zero-order chi connectivity index (χ0) is 10.0. The molecule has 2 atom stereocenters. The molecule has 72 valence electrons. The first-order valence-corrected chi connectivity index (χ1v) is 6.24. The fourth-order valence-corrected chi connectivity index (χ4v) is 2.53. The summed E-state index contributed by atoms with van der Waals surface area (Å²) in [7, 11) is 0. The predicted molar refractivity (Wildman–Crippen MR) is 65.9 cm³/mol. The standard InChI is InChI=1S/C11H14Br2/c1-7-10(8(2)12)5-4-6-11(7)9(3)13/h4-6,8-9H,1-3H3. The lowest BCUT2D eigenvalue weighted by molar-refractivity contribution is 1.03. The van der Waals surface area contributed by atoms with Gasteiger partial charge in [-0.25, -0.2) is 0 Å². The molecule has 1 aromatic rings. The molecule has 0 amide bonds. The quantitative estimate of drug-likeness (QED) is 0.681. The highest BCUT2D eigenvalue weighted by Gasteiger charge is 2.10. The second-order valence-corrected chi connectivity index (χ2v) is 6.04. The molecule has 0 aliphatic heterocycles. The van der Waals surface area contributed by atoms with E-state index in [0.717, 1.165) is 0 Å². The van der Waals surface area contributed by atoms with Crippen molar-refractivity contribution in [1.82, 2.24) is 0 Å². The van der Waals surface area contributed by atoms with Gasteiger partial charge in [0, 0.05) is 9.65 Å². The van der Waals surface area contributed by atoms with E-state index in [1.165, 1.54) is 16.7 Å². The molecule has 1 rings (SSSR count). The zero-order valence-corrected chi connectivity index (χ0v) is 11.3. The Hall–Kier alpha value is 0.180. The van der Waals surface area contributed by atoms with Crippen molar-refractivity contribution in [2.24, 2.45) is 0 Å². The van der Waals surface area contributed by atoms with Crippen LogP contribution in [-0.4, -0.2) is 0 Å². The van der Waals surface area contributed by atoms with Crippen molar-refractivity contribution in [3.8, 4) is 0 Å². The summed E-state index contributed by atoms with van der Waals surface area (Å²) >= 11 is 7.20. The van der Waals surface area contributed by atoms with Gasteiger partial charge in [0.15, 0.2) is 0 Å². The average Bonchev–Trinajstić information content (AvgIpc) is 2.03. The van der Waals surface area contributed by atoms with Gasteiger partial charge in [0.05, 0.1) is 0 Å². The summed E-state index contributed by atoms with van der Waals surface area (Å²) in [6, 6.07) is 6.47. The molecule has 0 spiro atoms. The van der Waals surface area contributed by atoms with E-state index in [9.17, 15) is 0 Å². The normalized spacial score (nSPS) is 15.5. The fraction of sp³-hybridized carbons (Fsp3) is 0.455. The molecule has 0 aliphatic carbocycles. The molecule has 0 saturated carbocycles. The second kappa shape index (κ2) is 4.61. The van der Waals surface area contributed by atoms with E-state index in [-0.39, 0.29) is 0 Å². The average molecular weight is 306 g/mol. The van der Waals surface area contributed by atoms with Crippen molar-refractivity contribution in [2.75, 3.05) is 0 Å². The van der Waals surface area contributed by atoms with Crippen LogP contribution in [0.2, 0.25) is 0 Å². The highest BCUT2D eigenvalue weighted by Crippen LogP contribution is 2.32. The Bertz CT molecular complexity index is 264. The number of hydrogen-bond acceptors (Lipinski definition) is 0. The summed E-state index contributed by atoms with van der Waals surface area (Å²) in [6.07, 6.45) is 0. The number of rotatable bonds is 2. The maximum atomic E-state index is 3.60. The largest absolute Gasteiger partial charge is 0.0842 e. The highest BCUT2D eigenvalue weighted by atomic mass is 79.9. The van der Waals surface area contributed by atoms with Crippen molar-refractivity contribution in [2.45, 2.75) is 30.4 Å². The van der Waals surface area contributed by atoms with Gasteiger partial charge in [-0.1, -0.05) is 50.1 Å². The second-order valence-electron chi connectivity index (χ2n) is 3.29. The maximum absolute atomic E-state index is 3.60. The third kappa shape index (κ3) is 2.57. The fourth-order valence-electron chi connectivity index (χ4n) is 1.53. The third-order valence-corrected chi connectivity index (χ3v) is 3.26. The lowest BCUT2D eigenvalue weighted by atomic mass is 9.99. The molecule has 0 nitrogen and oxygen atoms in total. The van der Waals surface area contributed by atoms with Crippen molar-refractivity contribution in [1.29, 1.82) is 0 Å². The zero-order valence-electron chi connectivity index (χ0n) is 8.14. The molecular weight excluding hydrogens is 292 g/mol. The summed E-state index contributed by atoms with van der Waals surface area (Å²) < 4.78 is 0. The lowest BCUT2D eigenvalue weighted by Crippen LogP contribution is -1.95. The Morgan fingerprint density at radius 1 is 1.00 bits per heavy atom. The third-order valence-electron chi connectivity index (χ3n) is 2.27. The van der Waals surface area contributed by atoms with Crippen LogP contribution in [0.15, 0.2) is 18.2 Å². The number of halogens is 2. The molecule has 0 N–H and O–H groups in total. The van der Waals surface area contributed by atoms with Crippen LogP contribution in [0.25, 0.3) is 0 Å². The molecule has 2 heteroatoms. The predicted octanol–water partition coefficient (Wildman–Crippen LogP) is 4.91. The van der Waals surface area contributed by atoms with Gasteiger partial charge < -0.3 is 0 Å². The molecule has 2 unspecified atom stereocenters. The topological polar surface area (TPSA) is 0 Å². The van der Waals surface area contributed by atoms with Crippen LogP contribution >= 0.6 is 31.9 Å². The molecule has 0 aliphatic rings. The minimum Gasteiger partial charge on any atom is -0.0842 e. The number of hydrogen-bond donors (Lipinski definition) is 0. The van der Waals surface area contributed by atoms with E-state index in [4.69, 9.17) is 0 Å². The smallest absolute Gasteiger partial charge is 0.0369 e. The summed E-state index contributed by atoms with van der Waals surface area (Å²) in [5, 5.41) is 0. The monoisotopic (exact) mass is 304 g/mol. The van der Waals surface area contributed by atoms with E-state index in [1.54, 1.807) is 0 Å². The molecule has 1 aromatic carbocycles. The van der Waals surface area contributed by atoms with Gasteiger partial charge in [-0.05, 0) is 37.5 Å². The first-order chi connectivity index (χ1) is 6.04. The van der Waals surface area contributed by atoms with Crippen molar-refractivity contribution < 1.29 is 0 Å². The Labute approximate surface area is 97.0 Å². The highest BCUT2D eigenvalue weighted by molar-refractivity contribution is 9.09. The van der Waals surface area contributed by atoms with Crippen LogP contribution in [-0.2, 0) is 0 Å². The molecule has 0 saturated heterocycles. The van der Waals surface area contributed by atoms with Crippen molar-refractivity contribution in [3.63, 3.8) is 0 Å². The minimum absolute atomic E-state index is 0.429. The maximum Gasteiger partial charge on any atom is 0.0369 e. The molecule has 0 fully saturated rings. The summed E-state index contributed by atoms with van der Waals surface area (Å²) in [5.41, 5.74) is 4.14. The van der Waals surface area contributed by atoms with Crippen LogP contribution < -0.4 is 0 Å². The van der Waals surface area contributed by atoms with Crippen molar-refractivity contribution >= 4 is 31.9 Å². The van der Waals surface area contributed by atoms with Crippen LogP contribution in [0.3, 0.4) is 0 Å².